The maximum atomic E-state index is 14.7. The van der Waals surface area contributed by atoms with E-state index in [1.165, 1.54) is 38.4 Å². The minimum Gasteiger partial charge on any atom is -0.505 e. The van der Waals surface area contributed by atoms with E-state index in [-0.39, 0.29) is 78.0 Å². The molecule has 1 heterocycles. The minimum absolute atomic E-state index is 0.00607. The van der Waals surface area contributed by atoms with Crippen molar-refractivity contribution in [3.8, 4) is 45.4 Å². The van der Waals surface area contributed by atoms with Crippen LogP contribution >= 0.6 is 0 Å². The molecular formula is C36H31F2NO12. The monoisotopic (exact) mass is 707 g/mol. The predicted octanol–water partition coefficient (Wildman–Crippen LogP) is 4.71. The number of fused-ring (bicyclic) bond motifs is 2. The van der Waals surface area contributed by atoms with Crippen LogP contribution in [0.4, 0.5) is 14.5 Å². The number of rotatable bonds is 14. The standard InChI is InChI=1S/C36H31F2NO12/c1-45-33(42)17-39(18-34(43)46-2)25-9-8-20(12-32(25)49-11-10-48-28-6-4-5-7-29(28)50-19-35(44)47-3)36-21-13-23(37)26(40)15-30(21)51-31-16-27(41)24(38)14-22(31)36/h4-9,12-16,40H,10-11,17-19H2,1-3H3. The number of carbonyl (C=O) groups excluding carboxylic acids is 3. The average molecular weight is 708 g/mol. The Morgan fingerprint density at radius 1 is 0.745 bits per heavy atom. The molecule has 5 rings (SSSR count). The Morgan fingerprint density at radius 2 is 1.37 bits per heavy atom. The van der Waals surface area contributed by atoms with Gasteiger partial charge in [-0.2, -0.15) is 0 Å². The minimum atomic E-state index is -1.08. The maximum absolute atomic E-state index is 14.7. The number of phenols is 1. The topological polar surface area (TPSA) is 160 Å². The quantitative estimate of drug-likeness (QED) is 0.0732. The fourth-order valence-corrected chi connectivity index (χ4v) is 5.11. The molecular weight excluding hydrogens is 676 g/mol. The van der Waals surface area contributed by atoms with Crippen LogP contribution < -0.4 is 24.5 Å². The Hall–Kier alpha value is -6.38. The van der Waals surface area contributed by atoms with E-state index < -0.39 is 40.7 Å². The molecule has 0 atom stereocenters. The zero-order valence-corrected chi connectivity index (χ0v) is 27.5. The van der Waals surface area contributed by atoms with E-state index in [2.05, 4.69) is 4.74 Å². The first-order valence-electron chi connectivity index (χ1n) is 15.2. The molecule has 0 radical (unpaired) electrons. The molecule has 2 aliphatic rings. The lowest BCUT2D eigenvalue weighted by Gasteiger charge is -2.26. The highest BCUT2D eigenvalue weighted by molar-refractivity contribution is 6.02. The SMILES string of the molecule is COC(=O)COc1ccccc1OCCOc1cc(-c2c3cc(F)c(=O)cc-3oc3cc(O)c(F)cc23)ccc1N(CC(=O)OC)CC(=O)OC. The second kappa shape index (κ2) is 15.9. The van der Waals surface area contributed by atoms with E-state index in [0.717, 1.165) is 24.3 Å². The van der Waals surface area contributed by atoms with Gasteiger partial charge in [-0.1, -0.05) is 18.2 Å². The highest BCUT2D eigenvalue weighted by atomic mass is 19.1. The number of nitrogens with zero attached hydrogens (tertiary/aromatic N) is 1. The van der Waals surface area contributed by atoms with E-state index in [4.69, 9.17) is 28.1 Å². The van der Waals surface area contributed by atoms with Crippen molar-refractivity contribution < 1.29 is 61.1 Å². The highest BCUT2D eigenvalue weighted by Crippen LogP contribution is 2.44. The van der Waals surface area contributed by atoms with Crippen molar-refractivity contribution in [3.05, 3.63) is 88.6 Å². The van der Waals surface area contributed by atoms with Crippen LogP contribution in [0.1, 0.15) is 0 Å². The number of halogens is 2. The van der Waals surface area contributed by atoms with E-state index in [1.54, 1.807) is 30.3 Å². The van der Waals surface area contributed by atoms with Crippen molar-refractivity contribution in [1.82, 2.24) is 0 Å². The number of methoxy groups -OCH3 is 3. The summed E-state index contributed by atoms with van der Waals surface area (Å²) in [6, 6.07) is 15.1. The van der Waals surface area contributed by atoms with E-state index in [1.807, 2.05) is 0 Å². The Balaban J connectivity index is 1.58. The summed E-state index contributed by atoms with van der Waals surface area (Å²) in [5.74, 6) is -4.10. The van der Waals surface area contributed by atoms with Gasteiger partial charge in [0.25, 0.3) is 0 Å². The molecule has 0 unspecified atom stereocenters. The van der Waals surface area contributed by atoms with Crippen LogP contribution in [0.25, 0.3) is 33.4 Å². The Kier molecular flexibility index (Phi) is 11.2. The molecule has 1 aliphatic heterocycles. The second-order valence-corrected chi connectivity index (χ2v) is 10.8. The van der Waals surface area contributed by atoms with Crippen molar-refractivity contribution in [2.45, 2.75) is 0 Å². The number of benzene rings is 4. The first kappa shape index (κ1) is 35.9. The summed E-state index contributed by atoms with van der Waals surface area (Å²) in [5.41, 5.74) is -0.0601. The number of esters is 3. The van der Waals surface area contributed by atoms with Crippen molar-refractivity contribution in [2.75, 3.05) is 59.1 Å². The molecule has 0 bridgehead atoms. The molecule has 51 heavy (non-hydrogen) atoms. The highest BCUT2D eigenvalue weighted by Gasteiger charge is 2.25. The van der Waals surface area contributed by atoms with Gasteiger partial charge in [-0.3, -0.25) is 14.4 Å². The molecule has 15 heteroatoms. The lowest BCUT2D eigenvalue weighted by molar-refractivity contribution is -0.143. The van der Waals surface area contributed by atoms with Crippen LogP contribution in [0.3, 0.4) is 0 Å². The van der Waals surface area contributed by atoms with Gasteiger partial charge in [0.2, 0.25) is 5.43 Å². The van der Waals surface area contributed by atoms with Crippen molar-refractivity contribution in [1.29, 1.82) is 0 Å². The number of hydrogen-bond donors (Lipinski definition) is 1. The number of ether oxygens (including phenoxy) is 6. The molecule has 0 saturated heterocycles. The first-order chi connectivity index (χ1) is 24.5. The predicted molar refractivity (Wildman–Crippen MR) is 177 cm³/mol. The fraction of sp³-hybridized carbons (Fsp3) is 0.222. The van der Waals surface area contributed by atoms with Crippen LogP contribution in [-0.2, 0) is 28.6 Å². The third-order valence-electron chi connectivity index (χ3n) is 7.55. The summed E-state index contributed by atoms with van der Waals surface area (Å²) in [5, 5.41) is 10.2. The summed E-state index contributed by atoms with van der Waals surface area (Å²) in [6.07, 6.45) is 0. The van der Waals surface area contributed by atoms with Crippen molar-refractivity contribution in [3.63, 3.8) is 0 Å². The number of carbonyl (C=O) groups is 3. The number of para-hydroxylation sites is 2. The third kappa shape index (κ3) is 8.26. The summed E-state index contributed by atoms with van der Waals surface area (Å²) in [6.45, 7) is -1.30. The van der Waals surface area contributed by atoms with E-state index >= 15 is 0 Å². The summed E-state index contributed by atoms with van der Waals surface area (Å²) < 4.78 is 67.0. The molecule has 0 aromatic heterocycles. The van der Waals surface area contributed by atoms with Gasteiger partial charge in [0.15, 0.2) is 35.5 Å². The first-order valence-corrected chi connectivity index (χ1v) is 15.2. The summed E-state index contributed by atoms with van der Waals surface area (Å²) in [7, 11) is 3.60. The molecule has 3 aromatic carbocycles. The largest absolute Gasteiger partial charge is 0.505 e. The average Bonchev–Trinajstić information content (AvgIpc) is 3.12. The van der Waals surface area contributed by atoms with Gasteiger partial charge in [0.1, 0.15) is 43.4 Å². The van der Waals surface area contributed by atoms with Gasteiger partial charge in [0.05, 0.1) is 27.0 Å². The Morgan fingerprint density at radius 3 is 2.02 bits per heavy atom. The van der Waals surface area contributed by atoms with Crippen LogP contribution in [0.2, 0.25) is 0 Å². The molecule has 0 spiro atoms. The molecule has 0 amide bonds. The number of hydrogen-bond acceptors (Lipinski definition) is 13. The Bertz CT molecular complexity index is 2100. The molecule has 1 aliphatic carbocycles. The molecule has 266 valence electrons. The molecule has 3 aromatic rings. The van der Waals surface area contributed by atoms with Crippen LogP contribution in [-0.4, -0.2) is 77.3 Å². The molecule has 0 fully saturated rings. The van der Waals surface area contributed by atoms with E-state index in [0.29, 0.717) is 11.3 Å². The van der Waals surface area contributed by atoms with Gasteiger partial charge in [-0.05, 0) is 42.0 Å². The summed E-state index contributed by atoms with van der Waals surface area (Å²) in [4.78, 5) is 49.9. The number of aromatic hydroxyl groups is 1. The summed E-state index contributed by atoms with van der Waals surface area (Å²) >= 11 is 0. The zero-order chi connectivity index (χ0) is 36.7. The molecule has 0 saturated carbocycles. The maximum Gasteiger partial charge on any atom is 0.343 e. The normalized spacial score (nSPS) is 10.8. The lowest BCUT2D eigenvalue weighted by atomic mass is 9.93. The lowest BCUT2D eigenvalue weighted by Crippen LogP contribution is -2.36. The van der Waals surface area contributed by atoms with Crippen LogP contribution in [0, 0.1) is 11.6 Å². The van der Waals surface area contributed by atoms with Gasteiger partial charge in [-0.25, -0.2) is 13.6 Å². The van der Waals surface area contributed by atoms with Gasteiger partial charge >= 0.3 is 17.9 Å². The zero-order valence-electron chi connectivity index (χ0n) is 27.5. The van der Waals surface area contributed by atoms with Crippen LogP contribution in [0.15, 0.2) is 75.9 Å². The molecule has 1 N–H and O–H groups in total. The van der Waals surface area contributed by atoms with E-state index in [9.17, 15) is 33.1 Å². The third-order valence-corrected chi connectivity index (χ3v) is 7.55. The smallest absolute Gasteiger partial charge is 0.343 e. The van der Waals surface area contributed by atoms with Crippen molar-refractivity contribution in [2.24, 2.45) is 0 Å². The second-order valence-electron chi connectivity index (χ2n) is 10.8. The van der Waals surface area contributed by atoms with Gasteiger partial charge < -0.3 is 42.8 Å². The number of phenolic OH excluding ortho intramolecular Hbond substituents is 1. The molecule has 13 nitrogen and oxygen atoms in total. The Labute approximate surface area is 288 Å². The van der Waals surface area contributed by atoms with Gasteiger partial charge in [-0.15, -0.1) is 0 Å². The fourth-order valence-electron chi connectivity index (χ4n) is 5.11. The van der Waals surface area contributed by atoms with Crippen LogP contribution in [0.5, 0.6) is 23.0 Å². The van der Waals surface area contributed by atoms with Gasteiger partial charge in [0, 0.05) is 28.6 Å². The van der Waals surface area contributed by atoms with Crippen molar-refractivity contribution >= 4 is 34.6 Å². The number of anilines is 1.